The zero-order chi connectivity index (χ0) is 18.3. The number of aliphatic hydroxyl groups excluding tert-OH is 1. The largest absolute Gasteiger partial charge is 0.390 e. The monoisotopic (exact) mass is 362 g/mol. The molecule has 26 heavy (non-hydrogen) atoms. The molecule has 1 saturated carbocycles. The van der Waals surface area contributed by atoms with Gasteiger partial charge in [-0.3, -0.25) is 0 Å². The Balaban J connectivity index is 1.69. The smallest absolute Gasteiger partial charge is 0.248 e. The Morgan fingerprint density at radius 3 is 2.81 bits per heavy atom. The normalized spacial score (nSPS) is 17.7. The molecule has 0 atom stereocenters. The molecule has 138 valence electrons. The summed E-state index contributed by atoms with van der Waals surface area (Å²) in [4.78, 5) is 9.00. The van der Waals surface area contributed by atoms with Crippen LogP contribution in [0.1, 0.15) is 31.4 Å². The van der Waals surface area contributed by atoms with Gasteiger partial charge in [-0.25, -0.2) is 23.4 Å². The van der Waals surface area contributed by atoms with Crippen LogP contribution >= 0.6 is 0 Å². The number of aryl methyl sites for hydroxylation is 1. The zero-order valence-electron chi connectivity index (χ0n) is 14.4. The van der Waals surface area contributed by atoms with Crippen molar-refractivity contribution in [3.63, 3.8) is 0 Å². The Kier molecular flexibility index (Phi) is 4.10. The van der Waals surface area contributed by atoms with Gasteiger partial charge in [-0.15, -0.1) is 0 Å². The molecule has 1 aliphatic carbocycles. The Morgan fingerprint density at radius 1 is 1.35 bits per heavy atom. The summed E-state index contributed by atoms with van der Waals surface area (Å²) in [5.74, 6) is -1.43. The third-order valence-electron chi connectivity index (χ3n) is 4.80. The van der Waals surface area contributed by atoms with Crippen LogP contribution in [0.2, 0.25) is 0 Å². The van der Waals surface area contributed by atoms with E-state index < -0.39 is 5.92 Å². The van der Waals surface area contributed by atoms with E-state index >= 15 is 0 Å². The number of rotatable bonds is 4. The maximum Gasteiger partial charge on any atom is 0.248 e. The van der Waals surface area contributed by atoms with Crippen molar-refractivity contribution >= 4 is 16.9 Å². The van der Waals surface area contributed by atoms with Gasteiger partial charge in [0.05, 0.1) is 24.1 Å². The maximum absolute atomic E-state index is 13.4. The summed E-state index contributed by atoms with van der Waals surface area (Å²) in [5.41, 5.74) is 2.10. The number of nitrogens with one attached hydrogen (secondary N) is 1. The molecule has 3 aromatic heterocycles. The highest BCUT2D eigenvalue weighted by molar-refractivity contribution is 5.87. The first-order valence-corrected chi connectivity index (χ1v) is 8.57. The van der Waals surface area contributed by atoms with Crippen molar-refractivity contribution in [3.8, 4) is 5.82 Å². The van der Waals surface area contributed by atoms with Crippen LogP contribution in [0.25, 0.3) is 16.9 Å². The fourth-order valence-electron chi connectivity index (χ4n) is 3.28. The van der Waals surface area contributed by atoms with E-state index in [0.717, 1.165) is 5.52 Å². The van der Waals surface area contributed by atoms with Crippen LogP contribution in [0.5, 0.6) is 0 Å². The summed E-state index contributed by atoms with van der Waals surface area (Å²) >= 11 is 0. The minimum absolute atomic E-state index is 0.0618. The summed E-state index contributed by atoms with van der Waals surface area (Å²) < 4.78 is 30.3. The number of fused-ring (bicyclic) bond motifs is 1. The van der Waals surface area contributed by atoms with Crippen molar-refractivity contribution in [2.45, 2.75) is 44.3 Å². The minimum Gasteiger partial charge on any atom is -0.390 e. The fraction of sp³-hybridized carbons (Fsp3) is 0.471. The molecule has 2 N–H and O–H groups in total. The van der Waals surface area contributed by atoms with Gasteiger partial charge < -0.3 is 15.0 Å². The lowest BCUT2D eigenvalue weighted by molar-refractivity contribution is -0.0361. The third-order valence-corrected chi connectivity index (χ3v) is 4.80. The SMILES string of the molecule is Cn1cnc2c(NC3CCC(F)(F)CC3)nc(-n3ccc(CO)n3)cc21. The van der Waals surface area contributed by atoms with Crippen molar-refractivity contribution in [2.75, 3.05) is 5.32 Å². The van der Waals surface area contributed by atoms with Gasteiger partial charge in [0.2, 0.25) is 5.92 Å². The van der Waals surface area contributed by atoms with Crippen molar-refractivity contribution in [2.24, 2.45) is 7.05 Å². The molecule has 0 bridgehead atoms. The Bertz CT molecular complexity index is 925. The molecule has 4 rings (SSSR count). The van der Waals surface area contributed by atoms with E-state index in [1.165, 1.54) is 0 Å². The number of alkyl halides is 2. The van der Waals surface area contributed by atoms with E-state index in [-0.39, 0.29) is 25.5 Å². The predicted octanol–water partition coefficient (Wildman–Crippen LogP) is 2.64. The number of aromatic nitrogens is 5. The lowest BCUT2D eigenvalue weighted by atomic mass is 9.92. The van der Waals surface area contributed by atoms with E-state index in [2.05, 4.69) is 20.4 Å². The van der Waals surface area contributed by atoms with Gasteiger partial charge in [-0.05, 0) is 18.9 Å². The Hall–Kier alpha value is -2.55. The molecule has 0 amide bonds. The molecule has 0 radical (unpaired) electrons. The van der Waals surface area contributed by atoms with Crippen LogP contribution in [0.4, 0.5) is 14.6 Å². The van der Waals surface area contributed by atoms with Crippen molar-refractivity contribution < 1.29 is 13.9 Å². The van der Waals surface area contributed by atoms with Crippen LogP contribution in [-0.4, -0.2) is 41.4 Å². The van der Waals surface area contributed by atoms with E-state index in [1.807, 2.05) is 17.7 Å². The van der Waals surface area contributed by atoms with Crippen molar-refractivity contribution in [3.05, 3.63) is 30.4 Å². The van der Waals surface area contributed by atoms with Gasteiger partial charge in [-0.1, -0.05) is 0 Å². The van der Waals surface area contributed by atoms with E-state index in [1.54, 1.807) is 23.3 Å². The summed E-state index contributed by atoms with van der Waals surface area (Å²) in [6.45, 7) is -0.150. The number of hydrogen-bond donors (Lipinski definition) is 2. The first-order valence-electron chi connectivity index (χ1n) is 8.57. The highest BCUT2D eigenvalue weighted by Crippen LogP contribution is 2.35. The average Bonchev–Trinajstić information content (AvgIpc) is 3.24. The summed E-state index contributed by atoms with van der Waals surface area (Å²) in [6.07, 6.45) is 3.97. The average molecular weight is 362 g/mol. The molecule has 0 aromatic carbocycles. The minimum atomic E-state index is -2.57. The van der Waals surface area contributed by atoms with Gasteiger partial charge in [0.1, 0.15) is 5.52 Å². The molecule has 0 unspecified atom stereocenters. The third kappa shape index (κ3) is 3.14. The molecule has 0 aliphatic heterocycles. The lowest BCUT2D eigenvalue weighted by Crippen LogP contribution is -2.32. The number of halogens is 2. The van der Waals surface area contributed by atoms with Crippen LogP contribution in [-0.2, 0) is 13.7 Å². The molecule has 3 aromatic rings. The van der Waals surface area contributed by atoms with Gasteiger partial charge in [0.25, 0.3) is 0 Å². The summed E-state index contributed by atoms with van der Waals surface area (Å²) in [7, 11) is 1.88. The molecule has 1 fully saturated rings. The molecule has 7 nitrogen and oxygen atoms in total. The standard InChI is InChI=1S/C17H20F2N6O/c1-24-10-20-15-13(24)8-14(25-7-4-12(9-26)23-25)22-16(15)21-11-2-5-17(18,19)6-3-11/h4,7-8,10-11,26H,2-3,5-6,9H2,1H3,(H,21,22). The maximum atomic E-state index is 13.4. The quantitative estimate of drug-likeness (QED) is 0.746. The summed E-state index contributed by atoms with van der Waals surface area (Å²) in [6, 6.07) is 3.51. The van der Waals surface area contributed by atoms with Crippen LogP contribution in [0, 0.1) is 0 Å². The van der Waals surface area contributed by atoms with E-state index in [4.69, 9.17) is 0 Å². The van der Waals surface area contributed by atoms with E-state index in [9.17, 15) is 13.9 Å². The van der Waals surface area contributed by atoms with Gasteiger partial charge in [-0.2, -0.15) is 5.10 Å². The van der Waals surface area contributed by atoms with Crippen LogP contribution < -0.4 is 5.32 Å². The van der Waals surface area contributed by atoms with Gasteiger partial charge in [0, 0.05) is 38.2 Å². The topological polar surface area (TPSA) is 80.8 Å². The number of nitrogens with zero attached hydrogens (tertiary/aromatic N) is 5. The zero-order valence-corrected chi connectivity index (χ0v) is 14.4. The molecular weight excluding hydrogens is 342 g/mol. The first-order chi connectivity index (χ1) is 12.4. The molecule has 3 heterocycles. The van der Waals surface area contributed by atoms with E-state index in [0.29, 0.717) is 35.7 Å². The molecule has 0 saturated heterocycles. The highest BCUT2D eigenvalue weighted by atomic mass is 19.3. The number of anilines is 1. The predicted molar refractivity (Wildman–Crippen MR) is 92.4 cm³/mol. The van der Waals surface area contributed by atoms with Crippen LogP contribution in [0.3, 0.4) is 0 Å². The number of hydrogen-bond acceptors (Lipinski definition) is 5. The Morgan fingerprint density at radius 2 is 2.12 bits per heavy atom. The van der Waals surface area contributed by atoms with Gasteiger partial charge in [0.15, 0.2) is 11.6 Å². The molecular formula is C17H20F2N6O. The second-order valence-electron chi connectivity index (χ2n) is 6.74. The molecule has 0 spiro atoms. The number of imidazole rings is 1. The lowest BCUT2D eigenvalue weighted by Gasteiger charge is -2.29. The van der Waals surface area contributed by atoms with Crippen molar-refractivity contribution in [1.29, 1.82) is 0 Å². The number of aliphatic hydroxyl groups is 1. The second kappa shape index (κ2) is 6.31. The molecule has 1 aliphatic rings. The second-order valence-corrected chi connectivity index (χ2v) is 6.74. The van der Waals surface area contributed by atoms with Crippen LogP contribution in [0.15, 0.2) is 24.7 Å². The first kappa shape index (κ1) is 16.9. The molecule has 9 heteroatoms. The van der Waals surface area contributed by atoms with Gasteiger partial charge >= 0.3 is 0 Å². The Labute approximate surface area is 148 Å². The van der Waals surface area contributed by atoms with Crippen molar-refractivity contribution in [1.82, 2.24) is 24.3 Å². The summed E-state index contributed by atoms with van der Waals surface area (Å²) in [5, 5.41) is 16.8. The number of pyridine rings is 1. The fourth-order valence-corrected chi connectivity index (χ4v) is 3.28. The highest BCUT2D eigenvalue weighted by Gasteiger charge is 2.35.